The van der Waals surface area contributed by atoms with E-state index < -0.39 is 9.73 Å². The summed E-state index contributed by atoms with van der Waals surface area (Å²) in [5, 5.41) is 6.56. The Morgan fingerprint density at radius 3 is 2.80 bits per heavy atom. The van der Waals surface area contributed by atoms with E-state index in [1.807, 2.05) is 37.3 Å². The molecule has 4 rings (SSSR count). The van der Waals surface area contributed by atoms with E-state index >= 15 is 0 Å². The zero-order chi connectivity index (χ0) is 21.0. The molecule has 2 aromatic carbocycles. The van der Waals surface area contributed by atoms with Gasteiger partial charge in [-0.2, -0.15) is 4.98 Å². The number of nitrogens with zero attached hydrogens (tertiary/aromatic N) is 2. The molecule has 1 aromatic heterocycles. The molecule has 8 heteroatoms. The lowest BCUT2D eigenvalue weighted by Gasteiger charge is -2.13. The lowest BCUT2D eigenvalue weighted by atomic mass is 10.1. The number of hydrogen-bond acceptors (Lipinski definition) is 7. The Balaban J connectivity index is 1.69. The predicted octanol–water partition coefficient (Wildman–Crippen LogP) is 4.90. The van der Waals surface area contributed by atoms with Crippen LogP contribution in [-0.2, 0) is 9.73 Å². The Labute approximate surface area is 176 Å². The molecule has 1 aliphatic heterocycles. The van der Waals surface area contributed by atoms with E-state index in [0.29, 0.717) is 41.9 Å². The molecule has 4 bridgehead atoms. The highest BCUT2D eigenvalue weighted by molar-refractivity contribution is 7.92. The Hall–Kier alpha value is -3.13. The zero-order valence-electron chi connectivity index (χ0n) is 16.9. The number of hydrogen-bond donors (Lipinski definition) is 3. The highest BCUT2D eigenvalue weighted by atomic mass is 32.2. The fourth-order valence-corrected chi connectivity index (χ4v) is 4.81. The molecule has 1 atom stereocenters. The van der Waals surface area contributed by atoms with Crippen molar-refractivity contribution in [2.24, 2.45) is 0 Å². The molecule has 0 saturated carbocycles. The monoisotopic (exact) mass is 423 g/mol. The molecule has 0 radical (unpaired) electrons. The number of aromatic nitrogens is 2. The highest BCUT2D eigenvalue weighted by Crippen LogP contribution is 2.30. The molecule has 3 aromatic rings. The Morgan fingerprint density at radius 2 is 2.00 bits per heavy atom. The summed E-state index contributed by atoms with van der Waals surface area (Å²) in [6, 6.07) is 15.0. The van der Waals surface area contributed by atoms with Crippen LogP contribution < -0.4 is 15.4 Å². The third kappa shape index (κ3) is 4.54. The van der Waals surface area contributed by atoms with Crippen LogP contribution in [0.3, 0.4) is 0 Å². The second-order valence-corrected chi connectivity index (χ2v) is 9.31. The van der Waals surface area contributed by atoms with Crippen molar-refractivity contribution < 1.29 is 8.95 Å². The van der Waals surface area contributed by atoms with Gasteiger partial charge in [-0.15, -0.1) is 0 Å². The predicted molar refractivity (Wildman–Crippen MR) is 120 cm³/mol. The summed E-state index contributed by atoms with van der Waals surface area (Å²) < 4.78 is 26.6. The van der Waals surface area contributed by atoms with E-state index in [2.05, 4.69) is 20.6 Å². The number of nitrogens with one attached hydrogen (secondary N) is 3. The smallest absolute Gasteiger partial charge is 0.229 e. The van der Waals surface area contributed by atoms with Crippen molar-refractivity contribution in [3.05, 3.63) is 54.7 Å². The average molecular weight is 424 g/mol. The minimum Gasteiger partial charge on any atom is -0.494 e. The van der Waals surface area contributed by atoms with Crippen molar-refractivity contribution in [3.8, 4) is 16.9 Å². The molecule has 30 heavy (non-hydrogen) atoms. The maximum Gasteiger partial charge on any atom is 0.229 e. The van der Waals surface area contributed by atoms with Gasteiger partial charge in [0.1, 0.15) is 11.6 Å². The molecule has 156 valence electrons. The first-order chi connectivity index (χ1) is 14.5. The Kier molecular flexibility index (Phi) is 5.85. The normalized spacial score (nSPS) is 18.7. The number of anilines is 3. The van der Waals surface area contributed by atoms with Gasteiger partial charge < -0.3 is 15.4 Å². The molecular weight excluding hydrogens is 398 g/mol. The highest BCUT2D eigenvalue weighted by Gasteiger charge is 2.14. The van der Waals surface area contributed by atoms with Gasteiger partial charge in [0.25, 0.3) is 0 Å². The van der Waals surface area contributed by atoms with Crippen LogP contribution in [-0.4, -0.2) is 33.1 Å². The van der Waals surface area contributed by atoms with Crippen LogP contribution in [0, 0.1) is 4.78 Å². The summed E-state index contributed by atoms with van der Waals surface area (Å²) in [7, 11) is -2.82. The molecule has 0 fully saturated rings. The number of ether oxygens (including phenoxy) is 1. The maximum absolute atomic E-state index is 12.8. The standard InChI is InChI=1S/C22H25N5O2S/c1-2-29-18-10-8-16(9-11-18)20-15-25-22-26-17-6-5-7-19(14-17)30(23,28)13-4-3-12-24-21(20)27-22/h5-11,14-15,23H,2-4,12-13H2,1H3,(H2,24,25,26,27). The first-order valence-electron chi connectivity index (χ1n) is 10.0. The van der Waals surface area contributed by atoms with Gasteiger partial charge in [0.05, 0.1) is 16.3 Å². The fourth-order valence-electron chi connectivity index (χ4n) is 3.35. The number of fused-ring (bicyclic) bond motifs is 4. The van der Waals surface area contributed by atoms with Gasteiger partial charge >= 0.3 is 0 Å². The van der Waals surface area contributed by atoms with Crippen LogP contribution >= 0.6 is 0 Å². The summed E-state index contributed by atoms with van der Waals surface area (Å²) in [5.41, 5.74) is 2.61. The minimum absolute atomic E-state index is 0.340. The van der Waals surface area contributed by atoms with Crippen molar-refractivity contribution in [1.29, 1.82) is 4.78 Å². The third-order valence-corrected chi connectivity index (χ3v) is 6.77. The average Bonchev–Trinajstić information content (AvgIpc) is 2.75. The van der Waals surface area contributed by atoms with Gasteiger partial charge in [-0.3, -0.25) is 0 Å². The molecule has 1 aliphatic rings. The molecule has 0 amide bonds. The van der Waals surface area contributed by atoms with E-state index in [0.717, 1.165) is 29.1 Å². The van der Waals surface area contributed by atoms with Gasteiger partial charge in [-0.25, -0.2) is 14.0 Å². The fraction of sp³-hybridized carbons (Fsp3) is 0.273. The van der Waals surface area contributed by atoms with E-state index in [1.165, 1.54) is 0 Å². The minimum atomic E-state index is -2.82. The van der Waals surface area contributed by atoms with Crippen molar-refractivity contribution in [2.75, 3.05) is 29.5 Å². The van der Waals surface area contributed by atoms with Gasteiger partial charge in [0.2, 0.25) is 5.95 Å². The van der Waals surface area contributed by atoms with Gasteiger partial charge in [0, 0.05) is 34.6 Å². The van der Waals surface area contributed by atoms with Crippen LogP contribution in [0.4, 0.5) is 17.5 Å². The van der Waals surface area contributed by atoms with E-state index in [-0.39, 0.29) is 0 Å². The molecule has 7 nitrogen and oxygen atoms in total. The molecule has 0 saturated heterocycles. The van der Waals surface area contributed by atoms with Crippen LogP contribution in [0.15, 0.2) is 59.6 Å². The molecule has 0 spiro atoms. The third-order valence-electron chi connectivity index (χ3n) is 4.89. The largest absolute Gasteiger partial charge is 0.494 e. The van der Waals surface area contributed by atoms with Gasteiger partial charge in [0.15, 0.2) is 0 Å². The van der Waals surface area contributed by atoms with Crippen LogP contribution in [0.25, 0.3) is 11.1 Å². The van der Waals surface area contributed by atoms with Crippen LogP contribution in [0.5, 0.6) is 5.75 Å². The molecule has 2 heterocycles. The molecular formula is C22H25N5O2S. The first-order valence-corrected chi connectivity index (χ1v) is 11.8. The summed E-state index contributed by atoms with van der Waals surface area (Å²) in [5.74, 6) is 2.35. The van der Waals surface area contributed by atoms with Crippen LogP contribution in [0.1, 0.15) is 19.8 Å². The quantitative estimate of drug-likeness (QED) is 0.554. The second kappa shape index (κ2) is 8.71. The summed E-state index contributed by atoms with van der Waals surface area (Å²) >= 11 is 0. The lowest BCUT2D eigenvalue weighted by Crippen LogP contribution is -2.09. The Morgan fingerprint density at radius 1 is 1.17 bits per heavy atom. The summed E-state index contributed by atoms with van der Waals surface area (Å²) in [6.45, 7) is 3.26. The van der Waals surface area contributed by atoms with E-state index in [4.69, 9.17) is 9.52 Å². The van der Waals surface area contributed by atoms with Crippen molar-refractivity contribution in [1.82, 2.24) is 9.97 Å². The molecule has 0 aliphatic carbocycles. The van der Waals surface area contributed by atoms with E-state index in [1.54, 1.807) is 24.4 Å². The molecule has 3 N–H and O–H groups in total. The summed E-state index contributed by atoms with van der Waals surface area (Å²) in [6.07, 6.45) is 3.29. The van der Waals surface area contributed by atoms with Crippen molar-refractivity contribution >= 4 is 27.2 Å². The SMILES string of the molecule is CCOc1ccc(-c2cnc3nc2NCCCCS(=N)(=O)c2cccc(c2)N3)cc1. The van der Waals surface area contributed by atoms with Crippen LogP contribution in [0.2, 0.25) is 0 Å². The summed E-state index contributed by atoms with van der Waals surface area (Å²) in [4.78, 5) is 9.69. The first kappa shape index (κ1) is 20.2. The second-order valence-electron chi connectivity index (χ2n) is 7.08. The van der Waals surface area contributed by atoms with Crippen molar-refractivity contribution in [2.45, 2.75) is 24.7 Å². The topological polar surface area (TPSA) is 100.0 Å². The number of benzene rings is 2. The van der Waals surface area contributed by atoms with Crippen molar-refractivity contribution in [3.63, 3.8) is 0 Å². The lowest BCUT2D eigenvalue weighted by molar-refractivity contribution is 0.340. The number of rotatable bonds is 3. The zero-order valence-corrected chi connectivity index (χ0v) is 17.7. The van der Waals surface area contributed by atoms with Gasteiger partial charge in [-0.05, 0) is 55.7 Å². The maximum atomic E-state index is 12.8. The Bertz CT molecular complexity index is 1130. The van der Waals surface area contributed by atoms with E-state index in [9.17, 15) is 4.21 Å². The van der Waals surface area contributed by atoms with Gasteiger partial charge in [-0.1, -0.05) is 18.2 Å². The molecule has 1 unspecified atom stereocenters.